The van der Waals surface area contributed by atoms with Gasteiger partial charge in [0, 0.05) is 23.9 Å². The van der Waals surface area contributed by atoms with Crippen molar-refractivity contribution in [1.82, 2.24) is 9.97 Å². The normalized spacial score (nSPS) is 14.2. The van der Waals surface area contributed by atoms with E-state index in [1.54, 1.807) is 6.07 Å². The lowest BCUT2D eigenvalue weighted by molar-refractivity contribution is 0.509. The molecule has 19 heavy (non-hydrogen) atoms. The van der Waals surface area contributed by atoms with Crippen LogP contribution < -0.4 is 10.6 Å². The van der Waals surface area contributed by atoms with Gasteiger partial charge in [0.1, 0.15) is 18.0 Å². The zero-order chi connectivity index (χ0) is 13.2. The second kappa shape index (κ2) is 4.79. The molecule has 0 amide bonds. The van der Waals surface area contributed by atoms with E-state index in [0.29, 0.717) is 17.5 Å². The largest absolute Gasteiger partial charge is 0.367 e. The van der Waals surface area contributed by atoms with Gasteiger partial charge >= 0.3 is 0 Å². The summed E-state index contributed by atoms with van der Waals surface area (Å²) in [6.07, 6.45) is 3.72. The van der Waals surface area contributed by atoms with Crippen LogP contribution in [0.3, 0.4) is 0 Å². The molecule has 0 radical (unpaired) electrons. The Balaban J connectivity index is 1.75. The summed E-state index contributed by atoms with van der Waals surface area (Å²) < 4.78 is 25.9. The van der Waals surface area contributed by atoms with Crippen LogP contribution in [0.15, 0.2) is 30.6 Å². The van der Waals surface area contributed by atoms with Crippen LogP contribution in [0.5, 0.6) is 0 Å². The maximum absolute atomic E-state index is 13.1. The van der Waals surface area contributed by atoms with Crippen molar-refractivity contribution in [1.29, 1.82) is 0 Å². The van der Waals surface area contributed by atoms with Crippen LogP contribution in [0.25, 0.3) is 0 Å². The molecule has 98 valence electrons. The predicted octanol–water partition coefficient (Wildman–Crippen LogP) is 3.07. The Labute approximate surface area is 108 Å². The van der Waals surface area contributed by atoms with Gasteiger partial charge in [0.15, 0.2) is 11.6 Å². The van der Waals surface area contributed by atoms with Crippen LogP contribution in [0.2, 0.25) is 0 Å². The van der Waals surface area contributed by atoms with Crippen molar-refractivity contribution in [2.75, 3.05) is 10.6 Å². The molecule has 0 spiro atoms. The molecule has 4 nitrogen and oxygen atoms in total. The average Bonchev–Trinajstić information content (AvgIpc) is 3.18. The van der Waals surface area contributed by atoms with Crippen LogP contribution >= 0.6 is 0 Å². The average molecular weight is 262 g/mol. The highest BCUT2D eigenvalue weighted by Crippen LogP contribution is 2.25. The number of hydrogen-bond donors (Lipinski definition) is 2. The Morgan fingerprint density at radius 3 is 2.53 bits per heavy atom. The summed E-state index contributed by atoms with van der Waals surface area (Å²) in [5.74, 6) is -0.508. The van der Waals surface area contributed by atoms with Gasteiger partial charge in [-0.15, -0.1) is 0 Å². The molecular formula is C13H12F2N4. The molecule has 1 heterocycles. The fraction of sp³-hybridized carbons (Fsp3) is 0.231. The highest BCUT2D eigenvalue weighted by atomic mass is 19.2. The Bertz CT molecular complexity index is 599. The first-order valence-corrected chi connectivity index (χ1v) is 6.01. The molecule has 0 atom stereocenters. The van der Waals surface area contributed by atoms with Gasteiger partial charge in [-0.05, 0) is 25.0 Å². The number of nitrogens with zero attached hydrogens (tertiary/aromatic N) is 2. The number of rotatable bonds is 4. The molecule has 1 aliphatic carbocycles. The molecule has 3 rings (SSSR count). The van der Waals surface area contributed by atoms with E-state index in [2.05, 4.69) is 20.6 Å². The van der Waals surface area contributed by atoms with E-state index in [1.807, 2.05) is 0 Å². The number of halogens is 2. The quantitative estimate of drug-likeness (QED) is 0.889. The summed E-state index contributed by atoms with van der Waals surface area (Å²) in [5.41, 5.74) is 0.440. The highest BCUT2D eigenvalue weighted by Gasteiger charge is 2.21. The van der Waals surface area contributed by atoms with Crippen LogP contribution in [-0.2, 0) is 0 Å². The second-order valence-corrected chi connectivity index (χ2v) is 4.46. The van der Waals surface area contributed by atoms with Crippen LogP contribution in [0, 0.1) is 11.6 Å². The van der Waals surface area contributed by atoms with Gasteiger partial charge in [0.25, 0.3) is 0 Å². The minimum Gasteiger partial charge on any atom is -0.367 e. The van der Waals surface area contributed by atoms with Crippen molar-refractivity contribution < 1.29 is 8.78 Å². The first kappa shape index (κ1) is 11.8. The Kier molecular flexibility index (Phi) is 2.98. The van der Waals surface area contributed by atoms with Gasteiger partial charge in [-0.25, -0.2) is 18.7 Å². The second-order valence-electron chi connectivity index (χ2n) is 4.46. The fourth-order valence-electron chi connectivity index (χ4n) is 1.66. The van der Waals surface area contributed by atoms with Gasteiger partial charge in [0.05, 0.1) is 0 Å². The van der Waals surface area contributed by atoms with E-state index >= 15 is 0 Å². The zero-order valence-corrected chi connectivity index (χ0v) is 10.0. The fourth-order valence-corrected chi connectivity index (χ4v) is 1.66. The third-order valence-corrected chi connectivity index (χ3v) is 2.79. The molecule has 1 saturated carbocycles. The van der Waals surface area contributed by atoms with Crippen molar-refractivity contribution >= 4 is 17.3 Å². The van der Waals surface area contributed by atoms with E-state index in [-0.39, 0.29) is 0 Å². The minimum atomic E-state index is -0.893. The summed E-state index contributed by atoms with van der Waals surface area (Å²) >= 11 is 0. The molecule has 1 aromatic heterocycles. The van der Waals surface area contributed by atoms with Crippen LogP contribution in [-0.4, -0.2) is 16.0 Å². The lowest BCUT2D eigenvalue weighted by atomic mass is 10.3. The minimum absolute atomic E-state index is 0.440. The smallest absolute Gasteiger partial charge is 0.160 e. The van der Waals surface area contributed by atoms with Crippen molar-refractivity contribution in [2.24, 2.45) is 0 Å². The zero-order valence-electron chi connectivity index (χ0n) is 10.0. The summed E-state index contributed by atoms with van der Waals surface area (Å²) in [6.45, 7) is 0. The molecular weight excluding hydrogens is 250 g/mol. The van der Waals surface area contributed by atoms with Crippen molar-refractivity contribution in [3.63, 3.8) is 0 Å². The van der Waals surface area contributed by atoms with Gasteiger partial charge in [0.2, 0.25) is 0 Å². The van der Waals surface area contributed by atoms with Gasteiger partial charge < -0.3 is 10.6 Å². The van der Waals surface area contributed by atoms with E-state index < -0.39 is 11.6 Å². The predicted molar refractivity (Wildman–Crippen MR) is 68.3 cm³/mol. The Morgan fingerprint density at radius 2 is 1.79 bits per heavy atom. The molecule has 1 fully saturated rings. The van der Waals surface area contributed by atoms with E-state index in [9.17, 15) is 8.78 Å². The lowest BCUT2D eigenvalue weighted by Gasteiger charge is -2.08. The first-order valence-electron chi connectivity index (χ1n) is 6.01. The summed E-state index contributed by atoms with van der Waals surface area (Å²) in [5, 5.41) is 6.15. The van der Waals surface area contributed by atoms with E-state index in [4.69, 9.17) is 0 Å². The molecule has 0 bridgehead atoms. The van der Waals surface area contributed by atoms with Crippen molar-refractivity contribution in [3.8, 4) is 0 Å². The summed E-state index contributed by atoms with van der Waals surface area (Å²) in [4.78, 5) is 8.13. The van der Waals surface area contributed by atoms with E-state index in [1.165, 1.54) is 12.4 Å². The van der Waals surface area contributed by atoms with Crippen LogP contribution in [0.4, 0.5) is 26.1 Å². The topological polar surface area (TPSA) is 49.8 Å². The number of hydrogen-bond acceptors (Lipinski definition) is 4. The molecule has 6 heteroatoms. The molecule has 0 aliphatic heterocycles. The third kappa shape index (κ3) is 2.96. The number of benzene rings is 1. The monoisotopic (exact) mass is 262 g/mol. The number of anilines is 3. The van der Waals surface area contributed by atoms with Gasteiger partial charge in [-0.3, -0.25) is 0 Å². The van der Waals surface area contributed by atoms with Crippen LogP contribution in [0.1, 0.15) is 12.8 Å². The summed E-state index contributed by atoms with van der Waals surface area (Å²) in [7, 11) is 0. The molecule has 1 aromatic carbocycles. The summed E-state index contributed by atoms with van der Waals surface area (Å²) in [6, 6.07) is 5.84. The highest BCUT2D eigenvalue weighted by molar-refractivity contribution is 5.59. The SMILES string of the molecule is Fc1ccc(Nc2cc(NC3CC3)ncn2)cc1F. The standard InChI is InChI=1S/C13H12F2N4/c14-10-4-3-9(5-11(10)15)19-13-6-12(16-7-17-13)18-8-1-2-8/h3-8H,1-2H2,(H2,16,17,18,19). The number of nitrogens with one attached hydrogen (secondary N) is 2. The lowest BCUT2D eigenvalue weighted by Crippen LogP contribution is -2.04. The maximum Gasteiger partial charge on any atom is 0.160 e. The number of aromatic nitrogens is 2. The Hall–Kier alpha value is -2.24. The van der Waals surface area contributed by atoms with Crippen molar-refractivity contribution in [2.45, 2.75) is 18.9 Å². The first-order chi connectivity index (χ1) is 9.20. The third-order valence-electron chi connectivity index (χ3n) is 2.79. The van der Waals surface area contributed by atoms with E-state index in [0.717, 1.165) is 30.8 Å². The van der Waals surface area contributed by atoms with Gasteiger partial charge in [-0.2, -0.15) is 0 Å². The molecule has 0 unspecified atom stereocenters. The molecule has 0 saturated heterocycles. The molecule has 2 N–H and O–H groups in total. The molecule has 2 aromatic rings. The maximum atomic E-state index is 13.1. The Morgan fingerprint density at radius 1 is 1.00 bits per heavy atom. The molecule has 1 aliphatic rings. The van der Waals surface area contributed by atoms with Crippen molar-refractivity contribution in [3.05, 3.63) is 42.2 Å². The van der Waals surface area contributed by atoms with Gasteiger partial charge in [-0.1, -0.05) is 0 Å².